The minimum atomic E-state index is -2.99. The minimum Gasteiger partial charge on any atom is -0.486 e. The summed E-state index contributed by atoms with van der Waals surface area (Å²) in [5.74, 6) is -0.0271. The lowest BCUT2D eigenvalue weighted by atomic mass is 10.2. The van der Waals surface area contributed by atoms with E-state index in [4.69, 9.17) is 9.47 Å². The van der Waals surface area contributed by atoms with Gasteiger partial charge in [0, 0.05) is 7.05 Å². The van der Waals surface area contributed by atoms with Crippen molar-refractivity contribution in [3.05, 3.63) is 24.3 Å². The molecule has 1 atom stereocenters. The molecule has 1 aliphatic heterocycles. The summed E-state index contributed by atoms with van der Waals surface area (Å²) in [6.45, 7) is 0.301. The Bertz CT molecular complexity index is 439. The Morgan fingerprint density at radius 1 is 1.44 bits per heavy atom. The second-order valence-corrected chi connectivity index (χ2v) is 4.02. The van der Waals surface area contributed by atoms with Crippen LogP contribution >= 0.6 is 0 Å². The standard InChI is InChI=1S/C12H13F2NO3/c1-15(12(16)11(13)14)6-8-7-17-9-4-2-3-5-10(9)18-8/h2-5,8,11H,6-7H2,1H3. The Morgan fingerprint density at radius 3 is 2.78 bits per heavy atom. The van der Waals surface area contributed by atoms with Crippen LogP contribution in [0.1, 0.15) is 0 Å². The van der Waals surface area contributed by atoms with Gasteiger partial charge in [-0.05, 0) is 12.1 Å². The third-order valence-electron chi connectivity index (χ3n) is 2.61. The monoisotopic (exact) mass is 257 g/mol. The maximum Gasteiger partial charge on any atom is 0.315 e. The molecule has 0 saturated heterocycles. The highest BCUT2D eigenvalue weighted by Crippen LogP contribution is 2.30. The van der Waals surface area contributed by atoms with Crippen LogP contribution in [0.2, 0.25) is 0 Å². The normalized spacial score (nSPS) is 17.7. The fourth-order valence-electron chi connectivity index (χ4n) is 1.72. The predicted octanol–water partition coefficient (Wildman–Crippen LogP) is 1.55. The molecule has 0 aromatic heterocycles. The van der Waals surface area contributed by atoms with Crippen LogP contribution in [0, 0.1) is 0 Å². The number of hydrogen-bond acceptors (Lipinski definition) is 3. The van der Waals surface area contributed by atoms with Gasteiger partial charge in [0.2, 0.25) is 0 Å². The van der Waals surface area contributed by atoms with E-state index in [1.807, 2.05) is 6.07 Å². The van der Waals surface area contributed by atoms with Crippen LogP contribution in [-0.4, -0.2) is 43.5 Å². The number of carbonyl (C=O) groups excluding carboxylic acids is 1. The molecule has 0 saturated carbocycles. The van der Waals surface area contributed by atoms with Gasteiger partial charge in [0.25, 0.3) is 5.91 Å². The number of halogens is 2. The fraction of sp³-hybridized carbons (Fsp3) is 0.417. The predicted molar refractivity (Wildman–Crippen MR) is 60.0 cm³/mol. The quantitative estimate of drug-likeness (QED) is 0.824. The Balaban J connectivity index is 1.96. The van der Waals surface area contributed by atoms with E-state index in [0.717, 1.165) is 4.90 Å². The molecular formula is C12H13F2NO3. The van der Waals surface area contributed by atoms with E-state index >= 15 is 0 Å². The molecule has 0 radical (unpaired) electrons. The third kappa shape index (κ3) is 2.69. The Morgan fingerprint density at radius 2 is 2.11 bits per heavy atom. The van der Waals surface area contributed by atoms with Gasteiger partial charge in [-0.1, -0.05) is 12.1 Å². The van der Waals surface area contributed by atoms with Gasteiger partial charge in [-0.25, -0.2) is 0 Å². The molecule has 1 unspecified atom stereocenters. The molecule has 0 bridgehead atoms. The second kappa shape index (κ2) is 5.20. The van der Waals surface area contributed by atoms with Gasteiger partial charge in [0.1, 0.15) is 6.61 Å². The summed E-state index contributed by atoms with van der Waals surface area (Å²) >= 11 is 0. The lowest BCUT2D eigenvalue weighted by molar-refractivity contribution is -0.142. The topological polar surface area (TPSA) is 38.8 Å². The molecule has 1 heterocycles. The lowest BCUT2D eigenvalue weighted by Gasteiger charge is -2.29. The van der Waals surface area contributed by atoms with Gasteiger partial charge in [0.15, 0.2) is 17.6 Å². The van der Waals surface area contributed by atoms with Gasteiger partial charge >= 0.3 is 6.43 Å². The number of benzene rings is 1. The summed E-state index contributed by atoms with van der Waals surface area (Å²) in [5.41, 5.74) is 0. The Labute approximate surface area is 103 Å². The highest BCUT2D eigenvalue weighted by Gasteiger charge is 2.26. The van der Waals surface area contributed by atoms with Crippen molar-refractivity contribution in [1.29, 1.82) is 0 Å². The fourth-order valence-corrected chi connectivity index (χ4v) is 1.72. The maximum atomic E-state index is 12.2. The van der Waals surface area contributed by atoms with Crippen molar-refractivity contribution >= 4 is 5.91 Å². The number of amides is 1. The smallest absolute Gasteiger partial charge is 0.315 e. The average molecular weight is 257 g/mol. The van der Waals surface area contributed by atoms with Crippen molar-refractivity contribution in [1.82, 2.24) is 4.90 Å². The van der Waals surface area contributed by atoms with Gasteiger partial charge in [-0.2, -0.15) is 8.78 Å². The van der Waals surface area contributed by atoms with Crippen molar-refractivity contribution < 1.29 is 23.0 Å². The first-order chi connectivity index (χ1) is 8.58. The van der Waals surface area contributed by atoms with Crippen molar-refractivity contribution in [3.63, 3.8) is 0 Å². The lowest BCUT2D eigenvalue weighted by Crippen LogP contribution is -2.43. The number of rotatable bonds is 3. The average Bonchev–Trinajstić information content (AvgIpc) is 2.37. The molecule has 1 aliphatic rings. The molecule has 0 N–H and O–H groups in total. The summed E-state index contributed by atoms with van der Waals surface area (Å²) in [5, 5.41) is 0. The molecule has 6 heteroatoms. The molecule has 1 aromatic rings. The van der Waals surface area contributed by atoms with E-state index in [9.17, 15) is 13.6 Å². The molecule has 4 nitrogen and oxygen atoms in total. The Hall–Kier alpha value is -1.85. The van der Waals surface area contributed by atoms with E-state index in [1.165, 1.54) is 7.05 Å². The van der Waals surface area contributed by atoms with Crippen LogP contribution in [-0.2, 0) is 4.79 Å². The van der Waals surface area contributed by atoms with Gasteiger partial charge in [0.05, 0.1) is 6.54 Å². The second-order valence-electron chi connectivity index (χ2n) is 4.02. The van der Waals surface area contributed by atoms with Gasteiger partial charge in [-0.3, -0.25) is 4.79 Å². The molecule has 0 fully saturated rings. The van der Waals surface area contributed by atoms with Crippen molar-refractivity contribution in [2.75, 3.05) is 20.2 Å². The van der Waals surface area contributed by atoms with E-state index in [0.29, 0.717) is 11.5 Å². The number of nitrogens with zero attached hydrogens (tertiary/aromatic N) is 1. The zero-order chi connectivity index (χ0) is 13.1. The highest BCUT2D eigenvalue weighted by atomic mass is 19.3. The van der Waals surface area contributed by atoms with Crippen LogP contribution in [0.3, 0.4) is 0 Å². The molecule has 98 valence electrons. The van der Waals surface area contributed by atoms with Crippen LogP contribution in [0.4, 0.5) is 8.78 Å². The Kier molecular flexibility index (Phi) is 3.64. The first-order valence-electron chi connectivity index (χ1n) is 5.49. The number of likely N-dealkylation sites (N-methyl/N-ethyl adjacent to an activating group) is 1. The van der Waals surface area contributed by atoms with Crippen LogP contribution in [0.5, 0.6) is 11.5 Å². The largest absolute Gasteiger partial charge is 0.486 e. The molecule has 0 aliphatic carbocycles. The zero-order valence-electron chi connectivity index (χ0n) is 9.81. The van der Waals surface area contributed by atoms with E-state index < -0.39 is 18.4 Å². The summed E-state index contributed by atoms with van der Waals surface area (Å²) in [6.07, 6.45) is -3.43. The van der Waals surface area contributed by atoms with Gasteiger partial charge in [-0.15, -0.1) is 0 Å². The van der Waals surface area contributed by atoms with Crippen LogP contribution in [0.15, 0.2) is 24.3 Å². The van der Waals surface area contributed by atoms with E-state index in [1.54, 1.807) is 18.2 Å². The highest BCUT2D eigenvalue weighted by molar-refractivity contribution is 5.79. The number of carbonyl (C=O) groups is 1. The minimum absolute atomic E-state index is 0.0670. The van der Waals surface area contributed by atoms with Crippen molar-refractivity contribution in [2.45, 2.75) is 12.5 Å². The van der Waals surface area contributed by atoms with E-state index in [2.05, 4.69) is 0 Å². The van der Waals surface area contributed by atoms with Gasteiger partial charge < -0.3 is 14.4 Å². The first-order valence-corrected chi connectivity index (χ1v) is 5.49. The number of alkyl halides is 2. The van der Waals surface area contributed by atoms with Crippen molar-refractivity contribution in [2.24, 2.45) is 0 Å². The summed E-state index contributed by atoms with van der Waals surface area (Å²) in [7, 11) is 1.32. The molecule has 1 amide bonds. The number of para-hydroxylation sites is 2. The summed E-state index contributed by atoms with van der Waals surface area (Å²) in [4.78, 5) is 12.0. The number of hydrogen-bond donors (Lipinski definition) is 0. The molecule has 2 rings (SSSR count). The summed E-state index contributed by atoms with van der Waals surface area (Å²) < 4.78 is 35.4. The van der Waals surface area contributed by atoms with Crippen molar-refractivity contribution in [3.8, 4) is 11.5 Å². The molecular weight excluding hydrogens is 244 g/mol. The van der Waals surface area contributed by atoms with E-state index in [-0.39, 0.29) is 13.2 Å². The first kappa shape index (κ1) is 12.6. The molecule has 1 aromatic carbocycles. The molecule has 18 heavy (non-hydrogen) atoms. The number of ether oxygens (including phenoxy) is 2. The maximum absolute atomic E-state index is 12.2. The van der Waals surface area contributed by atoms with Crippen LogP contribution < -0.4 is 9.47 Å². The third-order valence-corrected chi connectivity index (χ3v) is 2.61. The number of fused-ring (bicyclic) bond motifs is 1. The zero-order valence-corrected chi connectivity index (χ0v) is 9.81. The van der Waals surface area contributed by atoms with Crippen LogP contribution in [0.25, 0.3) is 0 Å². The summed E-state index contributed by atoms with van der Waals surface area (Å²) in [6, 6.07) is 7.10. The molecule has 0 spiro atoms. The SMILES string of the molecule is CN(CC1COc2ccccc2O1)C(=O)C(F)F.